The normalized spacial score (nSPS) is 22.5. The van der Waals surface area contributed by atoms with Crippen molar-refractivity contribution in [3.8, 4) is 24.2 Å². The van der Waals surface area contributed by atoms with Crippen molar-refractivity contribution in [2.24, 2.45) is 0 Å². The van der Waals surface area contributed by atoms with E-state index in [-0.39, 0.29) is 30.9 Å². The van der Waals surface area contributed by atoms with E-state index in [4.69, 9.17) is 30.1 Å². The molecule has 8 nitrogen and oxygen atoms in total. The van der Waals surface area contributed by atoms with Crippen molar-refractivity contribution in [1.29, 1.82) is 0 Å². The standard InChI is InChI=1S/C10H14O3.C8H12O2.C6H11NO2/c1-9(11)5-4-8-13-10-6-2-3-7-12-10;1-2-6-9-8-5-3-4-7-10-8;1-6(8)7-2-4-9-5-3-7/h10H,2-3,6-8H2,1H3;1,8H,3-7H2;2-5H2,1H3. The molecular weight excluding hydrogens is 414 g/mol. The van der Waals surface area contributed by atoms with Crippen LogP contribution >= 0.6 is 0 Å². The summed E-state index contributed by atoms with van der Waals surface area (Å²) < 4.78 is 26.1. The molecule has 3 aliphatic rings. The van der Waals surface area contributed by atoms with Crippen LogP contribution in [0.5, 0.6) is 0 Å². The Kier molecular flexibility index (Phi) is 16.3. The second-order valence-corrected chi connectivity index (χ2v) is 7.39. The molecule has 8 heteroatoms. The molecule has 3 saturated heterocycles. The number of carbonyl (C=O) groups is 2. The number of terminal acetylenes is 1. The van der Waals surface area contributed by atoms with Gasteiger partial charge in [-0.05, 0) is 44.4 Å². The number of carbonyl (C=O) groups excluding carboxylic acids is 2. The molecule has 0 N–H and O–H groups in total. The minimum atomic E-state index is -0.131. The Morgan fingerprint density at radius 2 is 1.47 bits per heavy atom. The molecule has 0 aromatic rings. The Hall–Kier alpha value is -1.94. The molecule has 3 fully saturated rings. The summed E-state index contributed by atoms with van der Waals surface area (Å²) in [6.45, 7) is 8.16. The van der Waals surface area contributed by atoms with Crippen molar-refractivity contribution < 1.29 is 33.3 Å². The molecule has 0 aromatic carbocycles. The molecule has 1 amide bonds. The zero-order valence-electron chi connectivity index (χ0n) is 19.4. The van der Waals surface area contributed by atoms with Gasteiger partial charge in [-0.1, -0.05) is 11.8 Å². The van der Waals surface area contributed by atoms with Gasteiger partial charge < -0.3 is 28.6 Å². The highest BCUT2D eigenvalue weighted by atomic mass is 16.7. The Bertz CT molecular complexity index is 616. The van der Waals surface area contributed by atoms with Crippen molar-refractivity contribution in [1.82, 2.24) is 4.90 Å². The van der Waals surface area contributed by atoms with Crippen LogP contribution in [-0.2, 0) is 33.3 Å². The fourth-order valence-corrected chi connectivity index (χ4v) is 3.00. The van der Waals surface area contributed by atoms with Crippen molar-refractivity contribution in [3.63, 3.8) is 0 Å². The molecular formula is C24H37NO7. The van der Waals surface area contributed by atoms with E-state index in [0.29, 0.717) is 19.8 Å². The first kappa shape index (κ1) is 28.1. The number of Topliss-reactive ketones (excluding diaryl/α,β-unsaturated/α-hetero) is 1. The van der Waals surface area contributed by atoms with Gasteiger partial charge in [0.2, 0.25) is 11.7 Å². The van der Waals surface area contributed by atoms with Crippen LogP contribution < -0.4 is 0 Å². The second-order valence-electron chi connectivity index (χ2n) is 7.39. The number of hydrogen-bond donors (Lipinski definition) is 0. The molecule has 0 spiro atoms. The Balaban J connectivity index is 0.000000245. The van der Waals surface area contributed by atoms with Gasteiger partial charge in [-0.2, -0.15) is 0 Å². The first-order valence-electron chi connectivity index (χ1n) is 11.3. The zero-order valence-corrected chi connectivity index (χ0v) is 19.4. The van der Waals surface area contributed by atoms with E-state index < -0.39 is 0 Å². The van der Waals surface area contributed by atoms with Gasteiger partial charge in [0.25, 0.3) is 0 Å². The van der Waals surface area contributed by atoms with Crippen LogP contribution in [0, 0.1) is 24.2 Å². The lowest BCUT2D eigenvalue weighted by Crippen LogP contribution is -2.39. The minimum absolute atomic E-state index is 0.0372. The summed E-state index contributed by atoms with van der Waals surface area (Å²) >= 11 is 0. The Labute approximate surface area is 192 Å². The lowest BCUT2D eigenvalue weighted by molar-refractivity contribution is -0.154. The highest BCUT2D eigenvalue weighted by molar-refractivity contribution is 5.93. The molecule has 0 bridgehead atoms. The first-order chi connectivity index (χ1) is 15.5. The number of rotatable bonds is 4. The van der Waals surface area contributed by atoms with Gasteiger partial charge in [-0.15, -0.1) is 6.42 Å². The number of morpholine rings is 1. The van der Waals surface area contributed by atoms with Crippen LogP contribution in [0.1, 0.15) is 52.4 Å². The maximum atomic E-state index is 10.7. The number of nitrogens with zero attached hydrogens (tertiary/aromatic N) is 1. The third-order valence-electron chi connectivity index (χ3n) is 4.69. The summed E-state index contributed by atoms with van der Waals surface area (Å²) in [6.07, 6.45) is 11.4. The number of hydrogen-bond acceptors (Lipinski definition) is 7. The smallest absolute Gasteiger partial charge is 0.219 e. The largest absolute Gasteiger partial charge is 0.378 e. The lowest BCUT2D eigenvalue weighted by Gasteiger charge is -2.25. The van der Waals surface area contributed by atoms with Gasteiger partial charge in [0.1, 0.15) is 13.2 Å². The van der Waals surface area contributed by atoms with E-state index in [1.165, 1.54) is 13.3 Å². The predicted octanol–water partition coefficient (Wildman–Crippen LogP) is 2.15. The van der Waals surface area contributed by atoms with Crippen LogP contribution in [0.25, 0.3) is 0 Å². The second kappa shape index (κ2) is 18.6. The molecule has 2 unspecified atom stereocenters. The molecule has 0 aliphatic carbocycles. The van der Waals surface area contributed by atoms with Crippen LogP contribution in [0.3, 0.4) is 0 Å². The van der Waals surface area contributed by atoms with Crippen LogP contribution in [0.2, 0.25) is 0 Å². The molecule has 0 saturated carbocycles. The molecule has 32 heavy (non-hydrogen) atoms. The fraction of sp³-hybridized carbons (Fsp3) is 0.750. The predicted molar refractivity (Wildman–Crippen MR) is 119 cm³/mol. The monoisotopic (exact) mass is 451 g/mol. The number of amides is 1. The van der Waals surface area contributed by atoms with Crippen molar-refractivity contribution >= 4 is 11.7 Å². The molecule has 2 atom stereocenters. The van der Waals surface area contributed by atoms with Gasteiger partial charge in [-0.25, -0.2) is 0 Å². The van der Waals surface area contributed by atoms with E-state index in [1.54, 1.807) is 11.8 Å². The number of ketones is 1. The molecule has 3 rings (SSSR count). The topological polar surface area (TPSA) is 83.5 Å². The highest BCUT2D eigenvalue weighted by Crippen LogP contribution is 2.13. The van der Waals surface area contributed by atoms with Crippen LogP contribution in [-0.4, -0.2) is 81.9 Å². The van der Waals surface area contributed by atoms with Crippen molar-refractivity contribution in [3.05, 3.63) is 0 Å². The fourth-order valence-electron chi connectivity index (χ4n) is 3.00. The van der Waals surface area contributed by atoms with Gasteiger partial charge in [-0.3, -0.25) is 9.59 Å². The Morgan fingerprint density at radius 3 is 1.88 bits per heavy atom. The first-order valence-corrected chi connectivity index (χ1v) is 11.3. The summed E-state index contributed by atoms with van der Waals surface area (Å²) in [6, 6.07) is 0. The van der Waals surface area contributed by atoms with E-state index >= 15 is 0 Å². The highest BCUT2D eigenvalue weighted by Gasteiger charge is 2.13. The molecule has 180 valence electrons. The van der Waals surface area contributed by atoms with Crippen LogP contribution in [0.15, 0.2) is 0 Å². The SMILES string of the molecule is C#CCOC1CCCCO1.CC(=O)C#CCOC1CCCCO1.CC(=O)N1CCOCC1. The molecule has 0 radical (unpaired) electrons. The molecule has 3 aliphatic heterocycles. The van der Waals surface area contributed by atoms with Gasteiger partial charge in [0.05, 0.1) is 13.2 Å². The van der Waals surface area contributed by atoms with Crippen molar-refractivity contribution in [2.45, 2.75) is 65.0 Å². The molecule has 0 aromatic heterocycles. The minimum Gasteiger partial charge on any atom is -0.378 e. The summed E-state index contributed by atoms with van der Waals surface area (Å²) in [5.41, 5.74) is 0. The maximum absolute atomic E-state index is 10.7. The third kappa shape index (κ3) is 15.0. The Morgan fingerprint density at radius 1 is 0.906 bits per heavy atom. The van der Waals surface area contributed by atoms with E-state index in [9.17, 15) is 9.59 Å². The lowest BCUT2D eigenvalue weighted by atomic mass is 10.2. The van der Waals surface area contributed by atoms with Crippen molar-refractivity contribution in [2.75, 3.05) is 52.7 Å². The van der Waals surface area contributed by atoms with E-state index in [1.807, 2.05) is 0 Å². The van der Waals surface area contributed by atoms with Crippen LogP contribution in [0.4, 0.5) is 0 Å². The number of ether oxygens (including phenoxy) is 5. The van der Waals surface area contributed by atoms with E-state index in [2.05, 4.69) is 17.8 Å². The zero-order chi connectivity index (χ0) is 23.4. The maximum Gasteiger partial charge on any atom is 0.219 e. The summed E-state index contributed by atoms with van der Waals surface area (Å²) in [4.78, 5) is 22.9. The quantitative estimate of drug-likeness (QED) is 0.478. The summed E-state index contributed by atoms with van der Waals surface area (Å²) in [7, 11) is 0. The van der Waals surface area contributed by atoms with Gasteiger partial charge in [0, 0.05) is 40.2 Å². The van der Waals surface area contributed by atoms with Gasteiger partial charge >= 0.3 is 0 Å². The average Bonchev–Trinajstić information content (AvgIpc) is 2.83. The average molecular weight is 452 g/mol. The summed E-state index contributed by atoms with van der Waals surface area (Å²) in [5.74, 6) is 7.48. The molecule has 3 heterocycles. The van der Waals surface area contributed by atoms with Gasteiger partial charge in [0.15, 0.2) is 12.6 Å². The summed E-state index contributed by atoms with van der Waals surface area (Å²) in [5, 5.41) is 0. The van der Waals surface area contributed by atoms with E-state index in [0.717, 1.165) is 58.4 Å². The third-order valence-corrected chi connectivity index (χ3v) is 4.69.